The van der Waals surface area contributed by atoms with Crippen molar-refractivity contribution in [1.29, 1.82) is 0 Å². The Kier molecular flexibility index (Phi) is 6.38. The van der Waals surface area contributed by atoms with Crippen LogP contribution >= 0.6 is 11.6 Å². The Hall–Kier alpha value is -1.63. The van der Waals surface area contributed by atoms with Gasteiger partial charge in [-0.3, -0.25) is 19.4 Å². The molecule has 126 valence electrons. The minimum atomic E-state index is -0.780. The van der Waals surface area contributed by atoms with Crippen LogP contribution < -0.4 is 5.32 Å². The van der Waals surface area contributed by atoms with Gasteiger partial charge >= 0.3 is 5.97 Å². The van der Waals surface area contributed by atoms with E-state index < -0.39 is 12.0 Å². The molecule has 1 aliphatic heterocycles. The lowest BCUT2D eigenvalue weighted by Gasteiger charge is -2.37. The summed E-state index contributed by atoms with van der Waals surface area (Å²) in [5, 5.41) is 12.5. The number of piperazine rings is 1. The van der Waals surface area contributed by atoms with E-state index in [-0.39, 0.29) is 12.5 Å². The second kappa shape index (κ2) is 8.29. The summed E-state index contributed by atoms with van der Waals surface area (Å²) in [6.07, 6.45) is 0.586. The normalized spacial score (nSPS) is 17.7. The molecule has 6 nitrogen and oxygen atoms in total. The SMILES string of the molecule is CCC(C(=O)O)N1CCN(CC(=O)Nc2ccccc2Cl)CC1. The van der Waals surface area contributed by atoms with Gasteiger partial charge in [0.25, 0.3) is 0 Å². The van der Waals surface area contributed by atoms with Crippen LogP contribution in [0.3, 0.4) is 0 Å². The number of nitrogens with one attached hydrogen (secondary N) is 1. The number of rotatable bonds is 6. The lowest BCUT2D eigenvalue weighted by Crippen LogP contribution is -2.53. The van der Waals surface area contributed by atoms with Gasteiger partial charge in [0.05, 0.1) is 17.3 Å². The van der Waals surface area contributed by atoms with E-state index in [1.807, 2.05) is 28.9 Å². The summed E-state index contributed by atoms with van der Waals surface area (Å²) >= 11 is 6.02. The molecule has 1 fully saturated rings. The number of carbonyl (C=O) groups excluding carboxylic acids is 1. The monoisotopic (exact) mass is 339 g/mol. The Morgan fingerprint density at radius 3 is 2.48 bits per heavy atom. The molecular weight excluding hydrogens is 318 g/mol. The first-order chi connectivity index (χ1) is 11.0. The van der Waals surface area contributed by atoms with Crippen molar-refractivity contribution in [2.45, 2.75) is 19.4 Å². The Morgan fingerprint density at radius 2 is 1.91 bits per heavy atom. The molecule has 1 atom stereocenters. The number of amides is 1. The van der Waals surface area contributed by atoms with Crippen LogP contribution in [0.4, 0.5) is 5.69 Å². The van der Waals surface area contributed by atoms with Crippen LogP contribution in [0.5, 0.6) is 0 Å². The molecule has 2 rings (SSSR count). The topological polar surface area (TPSA) is 72.9 Å². The van der Waals surface area contributed by atoms with Crippen LogP contribution in [-0.2, 0) is 9.59 Å². The zero-order chi connectivity index (χ0) is 16.8. The number of carboxylic acid groups (broad SMARTS) is 1. The molecule has 0 aromatic heterocycles. The quantitative estimate of drug-likeness (QED) is 0.826. The molecule has 0 spiro atoms. The predicted molar refractivity (Wildman–Crippen MR) is 89.8 cm³/mol. The predicted octanol–water partition coefficient (Wildman–Crippen LogP) is 1.76. The van der Waals surface area contributed by atoms with Gasteiger partial charge in [-0.25, -0.2) is 0 Å². The number of benzene rings is 1. The molecule has 0 aliphatic carbocycles. The van der Waals surface area contributed by atoms with E-state index in [0.29, 0.717) is 43.3 Å². The summed E-state index contributed by atoms with van der Waals surface area (Å²) in [5.74, 6) is -0.894. The number of hydrogen-bond donors (Lipinski definition) is 2. The lowest BCUT2D eigenvalue weighted by atomic mass is 10.1. The molecule has 7 heteroatoms. The number of carboxylic acids is 1. The van der Waals surface area contributed by atoms with Gasteiger partial charge in [0.2, 0.25) is 5.91 Å². The number of para-hydroxylation sites is 1. The van der Waals surface area contributed by atoms with Gasteiger partial charge in [0.1, 0.15) is 6.04 Å². The number of hydrogen-bond acceptors (Lipinski definition) is 4. The van der Waals surface area contributed by atoms with Crippen LogP contribution in [0.2, 0.25) is 5.02 Å². The fraction of sp³-hybridized carbons (Fsp3) is 0.500. The van der Waals surface area contributed by atoms with Crippen molar-refractivity contribution in [3.8, 4) is 0 Å². The minimum absolute atomic E-state index is 0.114. The van der Waals surface area contributed by atoms with Gasteiger partial charge < -0.3 is 10.4 Å². The van der Waals surface area contributed by atoms with Gasteiger partial charge in [-0.2, -0.15) is 0 Å². The van der Waals surface area contributed by atoms with E-state index in [4.69, 9.17) is 11.6 Å². The average molecular weight is 340 g/mol. The first kappa shape index (κ1) is 17.7. The lowest BCUT2D eigenvalue weighted by molar-refractivity contribution is -0.144. The molecule has 1 saturated heterocycles. The largest absolute Gasteiger partial charge is 0.480 e. The van der Waals surface area contributed by atoms with Gasteiger partial charge in [0, 0.05) is 26.2 Å². The Balaban J connectivity index is 1.81. The summed E-state index contributed by atoms with van der Waals surface area (Å²) in [5.41, 5.74) is 0.606. The van der Waals surface area contributed by atoms with Crippen LogP contribution in [0.15, 0.2) is 24.3 Å². The molecule has 0 saturated carbocycles. The number of anilines is 1. The molecule has 1 unspecified atom stereocenters. The number of carbonyl (C=O) groups is 2. The van der Waals surface area contributed by atoms with Crippen LogP contribution in [0.1, 0.15) is 13.3 Å². The Labute approximate surface area is 141 Å². The smallest absolute Gasteiger partial charge is 0.320 e. The number of halogens is 1. The van der Waals surface area contributed by atoms with E-state index >= 15 is 0 Å². The first-order valence-corrected chi connectivity index (χ1v) is 8.12. The maximum atomic E-state index is 12.1. The van der Waals surface area contributed by atoms with Crippen molar-refractivity contribution in [2.75, 3.05) is 38.0 Å². The van der Waals surface area contributed by atoms with Crippen molar-refractivity contribution in [3.63, 3.8) is 0 Å². The van der Waals surface area contributed by atoms with Crippen LogP contribution in [0, 0.1) is 0 Å². The molecule has 0 bridgehead atoms. The minimum Gasteiger partial charge on any atom is -0.480 e. The summed E-state index contributed by atoms with van der Waals surface area (Å²) in [6.45, 7) is 4.83. The molecule has 1 aliphatic rings. The molecule has 1 aromatic rings. The van der Waals surface area contributed by atoms with Crippen molar-refractivity contribution in [2.24, 2.45) is 0 Å². The fourth-order valence-electron chi connectivity index (χ4n) is 2.78. The third-order valence-electron chi connectivity index (χ3n) is 4.03. The molecule has 2 N–H and O–H groups in total. The molecular formula is C16H22ClN3O3. The van der Waals surface area contributed by atoms with Crippen molar-refractivity contribution >= 4 is 29.2 Å². The number of aliphatic carboxylic acids is 1. The third-order valence-corrected chi connectivity index (χ3v) is 4.36. The highest BCUT2D eigenvalue weighted by Crippen LogP contribution is 2.20. The standard InChI is InChI=1S/C16H22ClN3O3/c1-2-14(16(22)23)20-9-7-19(8-10-20)11-15(21)18-13-6-4-3-5-12(13)17/h3-6,14H,2,7-11H2,1H3,(H,18,21)(H,22,23). The highest BCUT2D eigenvalue weighted by Gasteiger charge is 2.27. The second-order valence-corrected chi connectivity index (χ2v) is 6.01. The summed E-state index contributed by atoms with van der Waals surface area (Å²) < 4.78 is 0. The zero-order valence-corrected chi connectivity index (χ0v) is 13.9. The van der Waals surface area contributed by atoms with Crippen LogP contribution in [0.25, 0.3) is 0 Å². The van der Waals surface area contributed by atoms with Gasteiger partial charge in [0.15, 0.2) is 0 Å². The second-order valence-electron chi connectivity index (χ2n) is 5.60. The summed E-state index contributed by atoms with van der Waals surface area (Å²) in [7, 11) is 0. The Bertz CT molecular complexity index is 559. The molecule has 0 radical (unpaired) electrons. The van der Waals surface area contributed by atoms with Crippen molar-refractivity contribution in [3.05, 3.63) is 29.3 Å². The van der Waals surface area contributed by atoms with Crippen molar-refractivity contribution in [1.82, 2.24) is 9.80 Å². The highest BCUT2D eigenvalue weighted by molar-refractivity contribution is 6.33. The van der Waals surface area contributed by atoms with Gasteiger partial charge in [-0.1, -0.05) is 30.7 Å². The highest BCUT2D eigenvalue weighted by atomic mass is 35.5. The van der Waals surface area contributed by atoms with Gasteiger partial charge in [-0.05, 0) is 18.6 Å². The Morgan fingerprint density at radius 1 is 1.26 bits per heavy atom. The summed E-state index contributed by atoms with van der Waals surface area (Å²) in [6, 6.07) is 6.68. The number of nitrogens with zero attached hydrogens (tertiary/aromatic N) is 2. The van der Waals surface area contributed by atoms with Crippen LogP contribution in [-0.4, -0.2) is 65.5 Å². The van der Waals surface area contributed by atoms with E-state index in [0.717, 1.165) is 0 Å². The maximum Gasteiger partial charge on any atom is 0.320 e. The zero-order valence-electron chi connectivity index (χ0n) is 13.2. The molecule has 1 heterocycles. The molecule has 1 aromatic carbocycles. The van der Waals surface area contributed by atoms with Crippen molar-refractivity contribution < 1.29 is 14.7 Å². The van der Waals surface area contributed by atoms with E-state index in [2.05, 4.69) is 5.32 Å². The van der Waals surface area contributed by atoms with Gasteiger partial charge in [-0.15, -0.1) is 0 Å². The fourth-order valence-corrected chi connectivity index (χ4v) is 2.96. The summed E-state index contributed by atoms with van der Waals surface area (Å²) in [4.78, 5) is 27.3. The first-order valence-electron chi connectivity index (χ1n) is 7.75. The van der Waals surface area contributed by atoms with E-state index in [1.54, 1.807) is 12.1 Å². The average Bonchev–Trinajstić information content (AvgIpc) is 2.51. The maximum absolute atomic E-state index is 12.1. The van der Waals surface area contributed by atoms with E-state index in [1.165, 1.54) is 0 Å². The van der Waals surface area contributed by atoms with E-state index in [9.17, 15) is 14.7 Å². The third kappa shape index (κ3) is 4.92. The molecule has 23 heavy (non-hydrogen) atoms. The molecule has 1 amide bonds.